The Balaban J connectivity index is 3.39. The van der Waals surface area contributed by atoms with Crippen LogP contribution in [0.25, 0.3) is 12.2 Å². The van der Waals surface area contributed by atoms with Crippen LogP contribution in [0.3, 0.4) is 0 Å². The third-order valence-corrected chi connectivity index (χ3v) is 2.27. The van der Waals surface area contributed by atoms with E-state index >= 15 is 0 Å². The van der Waals surface area contributed by atoms with Crippen molar-refractivity contribution in [3.05, 3.63) is 36.4 Å². The average molecular weight is 218 g/mol. The first-order valence-corrected chi connectivity index (χ1v) is 5.06. The Kier molecular flexibility index (Phi) is 4.34. The summed E-state index contributed by atoms with van der Waals surface area (Å²) in [5, 5.41) is 18.4. The molecule has 0 bridgehead atoms. The van der Waals surface area contributed by atoms with Crippen LogP contribution in [0.1, 0.15) is 18.1 Å². The molecule has 0 heterocycles. The third kappa shape index (κ3) is 2.35. The topological polar surface area (TPSA) is 49.7 Å². The van der Waals surface area contributed by atoms with Crippen molar-refractivity contribution in [3.8, 4) is 5.75 Å². The minimum atomic E-state index is -1.53. The fourth-order valence-electron chi connectivity index (χ4n) is 1.58. The van der Waals surface area contributed by atoms with Gasteiger partial charge in [0.25, 0.3) is 0 Å². The van der Waals surface area contributed by atoms with E-state index < -0.39 is 7.12 Å². The molecule has 0 aliphatic heterocycles. The van der Waals surface area contributed by atoms with E-state index in [1.54, 1.807) is 24.3 Å². The summed E-state index contributed by atoms with van der Waals surface area (Å²) in [7, 11) is -1.53. The van der Waals surface area contributed by atoms with Gasteiger partial charge in [-0.3, -0.25) is 0 Å². The molecule has 0 saturated heterocycles. The Bertz CT molecular complexity index is 399. The van der Waals surface area contributed by atoms with Gasteiger partial charge in [0, 0.05) is 5.56 Å². The van der Waals surface area contributed by atoms with Crippen LogP contribution in [-0.2, 0) is 0 Å². The molecule has 1 aromatic carbocycles. The summed E-state index contributed by atoms with van der Waals surface area (Å²) in [5.41, 5.74) is 1.76. The second-order valence-electron chi connectivity index (χ2n) is 3.20. The molecule has 0 spiro atoms. The molecule has 0 unspecified atom stereocenters. The quantitative estimate of drug-likeness (QED) is 0.726. The van der Waals surface area contributed by atoms with Crippen molar-refractivity contribution in [2.45, 2.75) is 6.92 Å². The van der Waals surface area contributed by atoms with Crippen LogP contribution in [0.2, 0.25) is 0 Å². The molecule has 0 saturated carbocycles. The Hall–Kier alpha value is -1.52. The minimum Gasteiger partial charge on any atom is -0.493 e. The van der Waals surface area contributed by atoms with Crippen molar-refractivity contribution < 1.29 is 14.8 Å². The predicted molar refractivity (Wildman–Crippen MR) is 67.6 cm³/mol. The molecule has 0 aromatic heterocycles. The van der Waals surface area contributed by atoms with Crippen LogP contribution in [0, 0.1) is 0 Å². The lowest BCUT2D eigenvalue weighted by Gasteiger charge is -2.13. The van der Waals surface area contributed by atoms with Gasteiger partial charge in [-0.15, -0.1) is 0 Å². The molecule has 1 aromatic rings. The molecule has 3 nitrogen and oxygen atoms in total. The van der Waals surface area contributed by atoms with E-state index in [0.717, 1.165) is 5.56 Å². The van der Waals surface area contributed by atoms with E-state index in [1.165, 1.54) is 0 Å². The lowest BCUT2D eigenvalue weighted by molar-refractivity contribution is 0.339. The van der Waals surface area contributed by atoms with Gasteiger partial charge in [0.15, 0.2) is 0 Å². The Morgan fingerprint density at radius 2 is 1.88 bits per heavy atom. The number of hydrogen-bond donors (Lipinski definition) is 2. The maximum atomic E-state index is 9.21. The third-order valence-electron chi connectivity index (χ3n) is 2.27. The average Bonchev–Trinajstić information content (AvgIpc) is 2.28. The van der Waals surface area contributed by atoms with Gasteiger partial charge in [-0.05, 0) is 24.0 Å². The van der Waals surface area contributed by atoms with Crippen LogP contribution in [0.15, 0.2) is 25.3 Å². The van der Waals surface area contributed by atoms with Crippen molar-refractivity contribution in [1.82, 2.24) is 0 Å². The normalized spacial score (nSPS) is 9.69. The van der Waals surface area contributed by atoms with E-state index in [1.807, 2.05) is 6.92 Å². The molecule has 84 valence electrons. The van der Waals surface area contributed by atoms with Crippen molar-refractivity contribution >= 4 is 24.7 Å². The first kappa shape index (κ1) is 12.6. The largest absolute Gasteiger partial charge is 0.493 e. The molecule has 0 amide bonds. The second-order valence-corrected chi connectivity index (χ2v) is 3.20. The maximum Gasteiger partial charge on any atom is 0.489 e. The summed E-state index contributed by atoms with van der Waals surface area (Å²) < 4.78 is 5.42. The number of ether oxygens (including phenoxy) is 1. The van der Waals surface area contributed by atoms with Crippen molar-refractivity contribution in [2.75, 3.05) is 6.61 Å². The zero-order valence-corrected chi connectivity index (χ0v) is 9.31. The van der Waals surface area contributed by atoms with Crippen LogP contribution in [0.5, 0.6) is 5.75 Å². The Morgan fingerprint density at radius 3 is 2.31 bits per heavy atom. The highest BCUT2D eigenvalue weighted by Gasteiger charge is 2.18. The zero-order chi connectivity index (χ0) is 12.1. The summed E-state index contributed by atoms with van der Waals surface area (Å²) in [6.45, 7) is 9.77. The first-order chi connectivity index (χ1) is 7.65. The summed E-state index contributed by atoms with van der Waals surface area (Å²) in [6.07, 6.45) is 3.18. The fraction of sp³-hybridized carbons (Fsp3) is 0.167. The van der Waals surface area contributed by atoms with Gasteiger partial charge >= 0.3 is 7.12 Å². The summed E-state index contributed by atoms with van der Waals surface area (Å²) in [6, 6.07) is 3.31. The lowest BCUT2D eigenvalue weighted by atomic mass is 9.75. The molecular formula is C12H15BO3. The molecule has 0 aliphatic carbocycles. The van der Waals surface area contributed by atoms with Crippen LogP contribution < -0.4 is 10.2 Å². The molecule has 2 N–H and O–H groups in total. The van der Waals surface area contributed by atoms with Crippen molar-refractivity contribution in [1.29, 1.82) is 0 Å². The van der Waals surface area contributed by atoms with Gasteiger partial charge in [-0.1, -0.05) is 31.4 Å². The number of rotatable bonds is 5. The highest BCUT2D eigenvalue weighted by Crippen LogP contribution is 2.23. The first-order valence-electron chi connectivity index (χ1n) is 5.06. The van der Waals surface area contributed by atoms with Crippen molar-refractivity contribution in [3.63, 3.8) is 0 Å². The van der Waals surface area contributed by atoms with Gasteiger partial charge in [0.2, 0.25) is 0 Å². The molecule has 16 heavy (non-hydrogen) atoms. The Labute approximate surface area is 95.8 Å². The highest BCUT2D eigenvalue weighted by atomic mass is 16.5. The maximum absolute atomic E-state index is 9.21. The molecular weight excluding hydrogens is 203 g/mol. The van der Waals surface area contributed by atoms with Gasteiger partial charge in [0.1, 0.15) is 5.75 Å². The molecule has 0 atom stereocenters. The zero-order valence-electron chi connectivity index (χ0n) is 9.31. The molecule has 0 fully saturated rings. The van der Waals surface area contributed by atoms with Crippen LogP contribution in [0.4, 0.5) is 0 Å². The van der Waals surface area contributed by atoms with Crippen LogP contribution >= 0.6 is 0 Å². The van der Waals surface area contributed by atoms with E-state index in [-0.39, 0.29) is 0 Å². The molecule has 0 radical (unpaired) electrons. The SMILES string of the molecule is C=Cc1c(OCC)ccc(B(O)O)c1C=C. The summed E-state index contributed by atoms with van der Waals surface area (Å²) in [4.78, 5) is 0. The molecule has 0 aliphatic rings. The van der Waals surface area contributed by atoms with Gasteiger partial charge in [-0.2, -0.15) is 0 Å². The van der Waals surface area contributed by atoms with Gasteiger partial charge < -0.3 is 14.8 Å². The second kappa shape index (κ2) is 5.54. The lowest BCUT2D eigenvalue weighted by Crippen LogP contribution is -2.32. The number of benzene rings is 1. The number of hydrogen-bond acceptors (Lipinski definition) is 3. The predicted octanol–water partition coefficient (Wildman–Crippen LogP) is 1.05. The monoisotopic (exact) mass is 218 g/mol. The van der Waals surface area contributed by atoms with E-state index in [0.29, 0.717) is 23.4 Å². The molecule has 4 heteroatoms. The summed E-state index contributed by atoms with van der Waals surface area (Å²) in [5.74, 6) is 0.664. The highest BCUT2D eigenvalue weighted by molar-refractivity contribution is 6.59. The standard InChI is InChI=1S/C12H15BO3/c1-4-9-10(5-2)12(16-6-3)8-7-11(9)13(14)15/h4-5,7-8,14-15H,1-2,6H2,3H3. The van der Waals surface area contributed by atoms with E-state index in [2.05, 4.69) is 13.2 Å². The Morgan fingerprint density at radius 1 is 1.25 bits per heavy atom. The van der Waals surface area contributed by atoms with E-state index in [4.69, 9.17) is 4.74 Å². The smallest absolute Gasteiger partial charge is 0.489 e. The molecule has 1 rings (SSSR count). The van der Waals surface area contributed by atoms with Crippen molar-refractivity contribution in [2.24, 2.45) is 0 Å². The van der Waals surface area contributed by atoms with Gasteiger partial charge in [0.05, 0.1) is 6.61 Å². The summed E-state index contributed by atoms with van der Waals surface area (Å²) >= 11 is 0. The van der Waals surface area contributed by atoms with Crippen LogP contribution in [-0.4, -0.2) is 23.8 Å². The fourth-order valence-corrected chi connectivity index (χ4v) is 1.58. The van der Waals surface area contributed by atoms with Gasteiger partial charge in [-0.25, -0.2) is 0 Å². The van der Waals surface area contributed by atoms with E-state index in [9.17, 15) is 10.0 Å². The minimum absolute atomic E-state index is 0.397.